The number of aromatic nitrogens is 2. The minimum Gasteiger partial charge on any atom is -0.508 e. The molecule has 0 spiro atoms. The van der Waals surface area contributed by atoms with Crippen LogP contribution in [0.4, 0.5) is 4.39 Å². The molecular formula is C16H15FN2O. The number of fused-ring (bicyclic) bond motifs is 1. The third-order valence-electron chi connectivity index (χ3n) is 3.48. The lowest BCUT2D eigenvalue weighted by molar-refractivity contribution is 0.475. The van der Waals surface area contributed by atoms with Gasteiger partial charge in [-0.25, -0.2) is 9.37 Å². The van der Waals surface area contributed by atoms with Gasteiger partial charge in [0, 0.05) is 12.1 Å². The van der Waals surface area contributed by atoms with E-state index in [1.54, 1.807) is 18.2 Å². The summed E-state index contributed by atoms with van der Waals surface area (Å²) in [6.45, 7) is 4.63. The standard InChI is InChI=1S/C16H15FN2O/c1-3-19-15-9-11(17)4-7-14(15)18-16(19)13-6-5-12(20)8-10(13)2/h4-9,20H,3H2,1-2H3. The zero-order chi connectivity index (χ0) is 14.3. The van der Waals surface area contributed by atoms with Gasteiger partial charge >= 0.3 is 0 Å². The summed E-state index contributed by atoms with van der Waals surface area (Å²) >= 11 is 0. The molecule has 102 valence electrons. The van der Waals surface area contributed by atoms with E-state index in [-0.39, 0.29) is 11.6 Å². The zero-order valence-electron chi connectivity index (χ0n) is 11.4. The number of benzene rings is 2. The Hall–Kier alpha value is -2.36. The Labute approximate surface area is 116 Å². The normalized spacial score (nSPS) is 11.2. The van der Waals surface area contributed by atoms with Crippen LogP contribution >= 0.6 is 0 Å². The van der Waals surface area contributed by atoms with E-state index in [0.717, 1.165) is 28.0 Å². The van der Waals surface area contributed by atoms with Crippen LogP contribution in [-0.2, 0) is 6.54 Å². The van der Waals surface area contributed by atoms with Crippen molar-refractivity contribution in [1.29, 1.82) is 0 Å². The van der Waals surface area contributed by atoms with Gasteiger partial charge in [0.1, 0.15) is 17.4 Å². The molecule has 1 aromatic heterocycles. The fourth-order valence-electron chi connectivity index (χ4n) is 2.52. The number of phenols is 1. The summed E-state index contributed by atoms with van der Waals surface area (Å²) in [6, 6.07) is 9.80. The highest BCUT2D eigenvalue weighted by Crippen LogP contribution is 2.29. The highest BCUT2D eigenvalue weighted by molar-refractivity contribution is 5.81. The van der Waals surface area contributed by atoms with Gasteiger partial charge in [0.15, 0.2) is 0 Å². The SMILES string of the molecule is CCn1c(-c2ccc(O)cc2C)nc2ccc(F)cc21. The predicted octanol–water partition coefficient (Wildman–Crippen LogP) is 3.88. The largest absolute Gasteiger partial charge is 0.508 e. The zero-order valence-corrected chi connectivity index (χ0v) is 11.4. The van der Waals surface area contributed by atoms with Crippen molar-refractivity contribution < 1.29 is 9.50 Å². The van der Waals surface area contributed by atoms with Crippen LogP contribution in [0.2, 0.25) is 0 Å². The van der Waals surface area contributed by atoms with E-state index in [9.17, 15) is 9.50 Å². The van der Waals surface area contributed by atoms with Gasteiger partial charge in [-0.2, -0.15) is 0 Å². The van der Waals surface area contributed by atoms with Crippen LogP contribution in [0.15, 0.2) is 36.4 Å². The Balaban J connectivity index is 2.30. The first-order valence-electron chi connectivity index (χ1n) is 6.56. The van der Waals surface area contributed by atoms with Gasteiger partial charge in [-0.15, -0.1) is 0 Å². The Morgan fingerprint density at radius 1 is 1.20 bits per heavy atom. The fourth-order valence-corrected chi connectivity index (χ4v) is 2.52. The molecule has 0 amide bonds. The van der Waals surface area contributed by atoms with E-state index in [4.69, 9.17) is 0 Å². The topological polar surface area (TPSA) is 38.0 Å². The average molecular weight is 270 g/mol. The highest BCUT2D eigenvalue weighted by atomic mass is 19.1. The summed E-state index contributed by atoms with van der Waals surface area (Å²) in [4.78, 5) is 4.60. The van der Waals surface area contributed by atoms with E-state index in [2.05, 4.69) is 4.98 Å². The average Bonchev–Trinajstić information content (AvgIpc) is 2.76. The maximum atomic E-state index is 13.4. The van der Waals surface area contributed by atoms with Crippen LogP contribution in [0, 0.1) is 12.7 Å². The lowest BCUT2D eigenvalue weighted by Crippen LogP contribution is -1.98. The minimum atomic E-state index is -0.263. The van der Waals surface area contributed by atoms with E-state index < -0.39 is 0 Å². The van der Waals surface area contributed by atoms with Crippen LogP contribution in [0.1, 0.15) is 12.5 Å². The molecule has 2 aromatic carbocycles. The molecule has 0 fully saturated rings. The second-order valence-corrected chi connectivity index (χ2v) is 4.81. The van der Waals surface area contributed by atoms with Gasteiger partial charge in [-0.05, 0) is 55.8 Å². The van der Waals surface area contributed by atoms with Crippen molar-refractivity contribution in [1.82, 2.24) is 9.55 Å². The van der Waals surface area contributed by atoms with Crippen molar-refractivity contribution in [2.24, 2.45) is 0 Å². The van der Waals surface area contributed by atoms with Crippen LogP contribution in [0.3, 0.4) is 0 Å². The molecule has 4 heteroatoms. The summed E-state index contributed by atoms with van der Waals surface area (Å²) in [5.41, 5.74) is 3.45. The number of halogens is 1. The van der Waals surface area contributed by atoms with Crippen molar-refractivity contribution in [3.63, 3.8) is 0 Å². The summed E-state index contributed by atoms with van der Waals surface area (Å²) in [5, 5.41) is 9.51. The molecule has 0 saturated heterocycles. The number of imidazole rings is 1. The second-order valence-electron chi connectivity index (χ2n) is 4.81. The summed E-state index contributed by atoms with van der Waals surface area (Å²) in [5.74, 6) is 0.767. The summed E-state index contributed by atoms with van der Waals surface area (Å²) < 4.78 is 15.4. The summed E-state index contributed by atoms with van der Waals surface area (Å²) in [6.07, 6.45) is 0. The van der Waals surface area contributed by atoms with Crippen LogP contribution in [0.25, 0.3) is 22.4 Å². The van der Waals surface area contributed by atoms with Gasteiger partial charge in [0.25, 0.3) is 0 Å². The first-order chi connectivity index (χ1) is 9.60. The van der Waals surface area contributed by atoms with E-state index in [0.29, 0.717) is 6.54 Å². The minimum absolute atomic E-state index is 0.233. The number of rotatable bonds is 2. The Bertz CT molecular complexity index is 793. The van der Waals surface area contributed by atoms with Crippen LogP contribution < -0.4 is 0 Å². The monoisotopic (exact) mass is 270 g/mol. The molecule has 0 aliphatic carbocycles. The number of hydrogen-bond donors (Lipinski definition) is 1. The number of nitrogens with zero attached hydrogens (tertiary/aromatic N) is 2. The molecule has 3 aromatic rings. The smallest absolute Gasteiger partial charge is 0.141 e. The fraction of sp³-hybridized carbons (Fsp3) is 0.188. The molecule has 20 heavy (non-hydrogen) atoms. The Morgan fingerprint density at radius 2 is 2.00 bits per heavy atom. The van der Waals surface area contributed by atoms with Crippen molar-refractivity contribution in [2.45, 2.75) is 20.4 Å². The van der Waals surface area contributed by atoms with Crippen molar-refractivity contribution in [3.05, 3.63) is 47.8 Å². The quantitative estimate of drug-likeness (QED) is 0.767. The lowest BCUT2D eigenvalue weighted by atomic mass is 10.1. The van der Waals surface area contributed by atoms with Gasteiger partial charge in [-0.1, -0.05) is 0 Å². The number of hydrogen-bond acceptors (Lipinski definition) is 2. The molecule has 3 rings (SSSR count). The molecule has 0 bridgehead atoms. The molecule has 0 aliphatic heterocycles. The number of aryl methyl sites for hydroxylation is 2. The van der Waals surface area contributed by atoms with Crippen molar-refractivity contribution in [3.8, 4) is 17.1 Å². The van der Waals surface area contributed by atoms with Crippen molar-refractivity contribution >= 4 is 11.0 Å². The lowest BCUT2D eigenvalue weighted by Gasteiger charge is -2.09. The molecular weight excluding hydrogens is 255 g/mol. The molecule has 0 saturated carbocycles. The molecule has 1 heterocycles. The Kier molecular flexibility index (Phi) is 2.93. The van der Waals surface area contributed by atoms with E-state index >= 15 is 0 Å². The molecule has 0 unspecified atom stereocenters. The molecule has 0 aliphatic rings. The van der Waals surface area contributed by atoms with E-state index in [1.807, 2.05) is 24.5 Å². The third-order valence-corrected chi connectivity index (χ3v) is 3.48. The van der Waals surface area contributed by atoms with Crippen LogP contribution in [0.5, 0.6) is 5.75 Å². The molecule has 1 N–H and O–H groups in total. The van der Waals surface area contributed by atoms with Gasteiger partial charge in [0.05, 0.1) is 11.0 Å². The summed E-state index contributed by atoms with van der Waals surface area (Å²) in [7, 11) is 0. The first kappa shape index (κ1) is 12.7. The highest BCUT2D eigenvalue weighted by Gasteiger charge is 2.14. The first-order valence-corrected chi connectivity index (χ1v) is 6.56. The van der Waals surface area contributed by atoms with Gasteiger partial charge < -0.3 is 9.67 Å². The van der Waals surface area contributed by atoms with E-state index in [1.165, 1.54) is 12.1 Å². The number of phenolic OH excluding ortho intramolecular Hbond substituents is 1. The van der Waals surface area contributed by atoms with Crippen molar-refractivity contribution in [2.75, 3.05) is 0 Å². The molecule has 0 atom stereocenters. The molecule has 3 nitrogen and oxygen atoms in total. The van der Waals surface area contributed by atoms with Crippen LogP contribution in [-0.4, -0.2) is 14.7 Å². The maximum absolute atomic E-state index is 13.4. The maximum Gasteiger partial charge on any atom is 0.141 e. The van der Waals surface area contributed by atoms with Gasteiger partial charge in [-0.3, -0.25) is 0 Å². The molecule has 0 radical (unpaired) electrons. The Morgan fingerprint density at radius 3 is 2.70 bits per heavy atom. The third kappa shape index (κ3) is 1.93. The van der Waals surface area contributed by atoms with Gasteiger partial charge in [0.2, 0.25) is 0 Å². The predicted molar refractivity (Wildman–Crippen MR) is 77.2 cm³/mol. The second kappa shape index (κ2) is 4.63. The number of aromatic hydroxyl groups is 1.